The largest absolute Gasteiger partial charge is 0.416 e. The van der Waals surface area contributed by atoms with Gasteiger partial charge >= 0.3 is 6.18 Å². The number of halogens is 3. The molecule has 0 amide bonds. The molecule has 0 unspecified atom stereocenters. The normalized spacial score (nSPS) is 12.2. The molecule has 0 aliphatic rings. The Balaban J connectivity index is 2.19. The second kappa shape index (κ2) is 7.48. The summed E-state index contributed by atoms with van der Waals surface area (Å²) in [7, 11) is -2.27. The lowest BCUT2D eigenvalue weighted by atomic mass is 10.00. The lowest BCUT2D eigenvalue weighted by molar-refractivity contribution is -0.137. The van der Waals surface area contributed by atoms with Gasteiger partial charge in [0.05, 0.1) is 22.5 Å². The summed E-state index contributed by atoms with van der Waals surface area (Å²) in [5, 5.41) is 8.19. The quantitative estimate of drug-likeness (QED) is 0.652. The first-order valence-electron chi connectivity index (χ1n) is 8.48. The SMILES string of the molecule is CCc1c(S(N)(=O)=O)ccc(Nc2cc(C(F)(F)F)ccn2)c1-c1cn(C)cn1. The molecule has 3 rings (SSSR count). The molecule has 0 saturated heterocycles. The van der Waals surface area contributed by atoms with E-state index in [-0.39, 0.29) is 10.7 Å². The van der Waals surface area contributed by atoms with E-state index in [9.17, 15) is 21.6 Å². The number of aryl methyl sites for hydroxylation is 1. The number of rotatable bonds is 5. The molecule has 0 spiro atoms. The molecule has 2 aromatic heterocycles. The van der Waals surface area contributed by atoms with Crippen molar-refractivity contribution in [1.29, 1.82) is 0 Å². The van der Waals surface area contributed by atoms with Gasteiger partial charge in [0.2, 0.25) is 10.0 Å². The van der Waals surface area contributed by atoms with Gasteiger partial charge < -0.3 is 9.88 Å². The third-order valence-corrected chi connectivity index (χ3v) is 5.24. The average molecular weight is 425 g/mol. The Morgan fingerprint density at radius 1 is 1.21 bits per heavy atom. The first kappa shape index (κ1) is 20.8. The molecule has 7 nitrogen and oxygen atoms in total. The second-order valence-electron chi connectivity index (χ2n) is 6.34. The lowest BCUT2D eigenvalue weighted by Crippen LogP contribution is -2.15. The lowest BCUT2D eigenvalue weighted by Gasteiger charge is -2.17. The number of primary sulfonamides is 1. The van der Waals surface area contributed by atoms with E-state index < -0.39 is 21.8 Å². The molecule has 0 aliphatic heterocycles. The van der Waals surface area contributed by atoms with E-state index >= 15 is 0 Å². The van der Waals surface area contributed by atoms with Gasteiger partial charge in [-0.3, -0.25) is 0 Å². The summed E-state index contributed by atoms with van der Waals surface area (Å²) < 4.78 is 64.7. The molecular weight excluding hydrogens is 407 g/mol. The van der Waals surface area contributed by atoms with E-state index in [1.165, 1.54) is 18.5 Å². The van der Waals surface area contributed by atoms with Gasteiger partial charge in [-0.1, -0.05) is 6.92 Å². The third-order valence-electron chi connectivity index (χ3n) is 4.24. The van der Waals surface area contributed by atoms with Gasteiger partial charge in [-0.25, -0.2) is 23.5 Å². The molecular formula is C18H18F3N5O2S. The van der Waals surface area contributed by atoms with Gasteiger partial charge in [-0.15, -0.1) is 0 Å². The summed E-state index contributed by atoms with van der Waals surface area (Å²) in [6.07, 6.45) is 0.0420. The number of alkyl halides is 3. The smallest absolute Gasteiger partial charge is 0.340 e. The van der Waals surface area contributed by atoms with Crippen LogP contribution in [0.1, 0.15) is 18.1 Å². The summed E-state index contributed by atoms with van der Waals surface area (Å²) >= 11 is 0. The Kier molecular flexibility index (Phi) is 5.37. The van der Waals surface area contributed by atoms with Crippen molar-refractivity contribution in [3.05, 3.63) is 54.1 Å². The molecule has 29 heavy (non-hydrogen) atoms. The highest BCUT2D eigenvalue weighted by atomic mass is 32.2. The highest BCUT2D eigenvalue weighted by Crippen LogP contribution is 2.37. The fourth-order valence-electron chi connectivity index (χ4n) is 3.00. The molecule has 0 saturated carbocycles. The summed E-state index contributed by atoms with van der Waals surface area (Å²) in [6, 6.07) is 4.50. The zero-order valence-corrected chi connectivity index (χ0v) is 16.3. The van der Waals surface area contributed by atoms with Gasteiger partial charge in [-0.2, -0.15) is 13.2 Å². The Morgan fingerprint density at radius 2 is 1.93 bits per heavy atom. The van der Waals surface area contributed by atoms with Crippen molar-refractivity contribution >= 4 is 21.5 Å². The van der Waals surface area contributed by atoms with Crippen LogP contribution in [-0.4, -0.2) is 23.0 Å². The number of hydrogen-bond donors (Lipinski definition) is 2. The maximum atomic E-state index is 13.0. The third kappa shape index (κ3) is 4.40. The monoisotopic (exact) mass is 425 g/mol. The number of nitrogens with one attached hydrogen (secondary N) is 1. The average Bonchev–Trinajstić information content (AvgIpc) is 3.05. The second-order valence-corrected chi connectivity index (χ2v) is 7.87. The summed E-state index contributed by atoms with van der Waals surface area (Å²) in [5.41, 5.74) is 0.789. The van der Waals surface area contributed by atoms with Crippen LogP contribution in [0.3, 0.4) is 0 Å². The number of anilines is 2. The first-order chi connectivity index (χ1) is 13.5. The molecule has 1 aromatic carbocycles. The van der Waals surface area contributed by atoms with E-state index in [1.54, 1.807) is 24.7 Å². The van der Waals surface area contributed by atoms with Crippen LogP contribution in [-0.2, 0) is 29.7 Å². The number of sulfonamides is 1. The minimum Gasteiger partial charge on any atom is -0.340 e. The summed E-state index contributed by atoms with van der Waals surface area (Å²) in [6.45, 7) is 1.75. The number of aromatic nitrogens is 3. The Hall–Kier alpha value is -2.92. The maximum absolute atomic E-state index is 13.0. The van der Waals surface area contributed by atoms with Crippen molar-refractivity contribution in [3.8, 4) is 11.3 Å². The van der Waals surface area contributed by atoms with Crippen molar-refractivity contribution in [2.45, 2.75) is 24.4 Å². The number of imidazole rings is 1. The number of pyridine rings is 1. The van der Waals surface area contributed by atoms with Crippen LogP contribution in [0, 0.1) is 0 Å². The number of hydrogen-bond acceptors (Lipinski definition) is 5. The highest BCUT2D eigenvalue weighted by Gasteiger charge is 2.31. The van der Waals surface area contributed by atoms with Gasteiger partial charge in [-0.05, 0) is 36.2 Å². The predicted molar refractivity (Wildman–Crippen MR) is 102 cm³/mol. The molecule has 0 atom stereocenters. The van der Waals surface area contributed by atoms with Crippen molar-refractivity contribution in [1.82, 2.24) is 14.5 Å². The fraction of sp³-hybridized carbons (Fsp3) is 0.222. The molecule has 11 heteroatoms. The predicted octanol–water partition coefficient (Wildman–Crippen LogP) is 3.45. The van der Waals surface area contributed by atoms with Gasteiger partial charge in [0.1, 0.15) is 5.82 Å². The van der Waals surface area contributed by atoms with Crippen molar-refractivity contribution in [2.24, 2.45) is 12.2 Å². The van der Waals surface area contributed by atoms with Gasteiger partial charge in [0.25, 0.3) is 0 Å². The van der Waals surface area contributed by atoms with Crippen LogP contribution in [0.4, 0.5) is 24.7 Å². The highest BCUT2D eigenvalue weighted by molar-refractivity contribution is 7.89. The summed E-state index contributed by atoms with van der Waals surface area (Å²) in [5.74, 6) is -0.0394. The molecule has 2 heterocycles. The molecule has 0 aliphatic carbocycles. The van der Waals surface area contributed by atoms with E-state index in [0.717, 1.165) is 18.3 Å². The van der Waals surface area contributed by atoms with Gasteiger partial charge in [0.15, 0.2) is 0 Å². The van der Waals surface area contributed by atoms with Crippen LogP contribution in [0.25, 0.3) is 11.3 Å². The zero-order valence-electron chi connectivity index (χ0n) is 15.5. The minimum absolute atomic E-state index is 0.0394. The van der Waals surface area contributed by atoms with E-state index in [4.69, 9.17) is 5.14 Å². The molecule has 3 aromatic rings. The fourth-order valence-corrected chi connectivity index (χ4v) is 3.85. The van der Waals surface area contributed by atoms with Crippen LogP contribution in [0.2, 0.25) is 0 Å². The van der Waals surface area contributed by atoms with E-state index in [0.29, 0.717) is 28.9 Å². The standard InChI is InChI=1S/C18H18F3N5O2S/c1-3-12-15(29(22,27)28)5-4-13(17(12)14-9-26(2)10-24-14)25-16-8-11(6-7-23-16)18(19,20)21/h4-10H,3H2,1-2H3,(H,23,25)(H2,22,27,28). The van der Waals surface area contributed by atoms with E-state index in [1.807, 2.05) is 0 Å². The van der Waals surface area contributed by atoms with Crippen LogP contribution >= 0.6 is 0 Å². The molecule has 0 bridgehead atoms. The molecule has 154 valence electrons. The number of benzene rings is 1. The molecule has 0 radical (unpaired) electrons. The van der Waals surface area contributed by atoms with Crippen LogP contribution < -0.4 is 10.5 Å². The van der Waals surface area contributed by atoms with Gasteiger partial charge in [0, 0.05) is 30.7 Å². The minimum atomic E-state index is -4.52. The Morgan fingerprint density at radius 3 is 2.48 bits per heavy atom. The Labute approximate surface area is 165 Å². The number of nitrogens with two attached hydrogens (primary N) is 1. The van der Waals surface area contributed by atoms with Crippen LogP contribution in [0.5, 0.6) is 0 Å². The Bertz CT molecular complexity index is 1160. The maximum Gasteiger partial charge on any atom is 0.416 e. The topological polar surface area (TPSA) is 103 Å². The van der Waals surface area contributed by atoms with Crippen molar-refractivity contribution in [2.75, 3.05) is 5.32 Å². The first-order valence-corrected chi connectivity index (χ1v) is 10.0. The zero-order chi connectivity index (χ0) is 21.4. The number of nitrogens with zero attached hydrogens (tertiary/aromatic N) is 3. The van der Waals surface area contributed by atoms with Crippen LogP contribution in [0.15, 0.2) is 47.9 Å². The summed E-state index contributed by atoms with van der Waals surface area (Å²) in [4.78, 5) is 8.13. The molecule has 3 N–H and O–H groups in total. The van der Waals surface area contributed by atoms with Crippen molar-refractivity contribution in [3.63, 3.8) is 0 Å². The molecule has 0 fully saturated rings. The van der Waals surface area contributed by atoms with Crippen molar-refractivity contribution < 1.29 is 21.6 Å². The van der Waals surface area contributed by atoms with E-state index in [2.05, 4.69) is 15.3 Å².